The van der Waals surface area contributed by atoms with Crippen molar-refractivity contribution in [1.82, 2.24) is 0 Å². The van der Waals surface area contributed by atoms with Crippen LogP contribution in [0.1, 0.15) is 38.7 Å². The maximum Gasteiger partial charge on any atom is 0.336 e. The molecular weight excluding hydrogens is 474 g/mol. The molecule has 7 heteroatoms. The van der Waals surface area contributed by atoms with E-state index in [1.54, 1.807) is 20.8 Å². The lowest BCUT2D eigenvalue weighted by atomic mass is 9.66. The van der Waals surface area contributed by atoms with Crippen LogP contribution in [0, 0.1) is 5.92 Å². The van der Waals surface area contributed by atoms with Gasteiger partial charge in [0, 0.05) is 28.2 Å². The summed E-state index contributed by atoms with van der Waals surface area (Å²) in [6.07, 6.45) is 0.0595. The number of hydrogen-bond acceptors (Lipinski definition) is 6. The summed E-state index contributed by atoms with van der Waals surface area (Å²) < 4.78 is 11.6. The number of halogens is 1. The summed E-state index contributed by atoms with van der Waals surface area (Å²) in [5.41, 5.74) is 0.863. The molecule has 0 saturated carbocycles. The minimum absolute atomic E-state index is 0.0595. The van der Waals surface area contributed by atoms with Gasteiger partial charge in [0.1, 0.15) is 0 Å². The second-order valence-corrected chi connectivity index (χ2v) is 8.81. The molecular formula is C25H28BrNO5. The van der Waals surface area contributed by atoms with Crippen molar-refractivity contribution in [3.8, 4) is 0 Å². The molecule has 0 radical (unpaired) electrons. The van der Waals surface area contributed by atoms with E-state index in [0.29, 0.717) is 11.3 Å². The summed E-state index contributed by atoms with van der Waals surface area (Å²) in [7, 11) is 0. The molecule has 2 aromatic carbocycles. The Bertz CT molecular complexity index is 985. The van der Waals surface area contributed by atoms with E-state index in [0.717, 1.165) is 15.7 Å². The van der Waals surface area contributed by atoms with Crippen molar-refractivity contribution in [2.45, 2.75) is 38.7 Å². The van der Waals surface area contributed by atoms with E-state index in [9.17, 15) is 14.7 Å². The topological polar surface area (TPSA) is 84.9 Å². The first kappa shape index (κ1) is 24.0. The highest BCUT2D eigenvalue weighted by Crippen LogP contribution is 2.48. The predicted octanol–water partition coefficient (Wildman–Crippen LogP) is 4.80. The number of ether oxygens (including phenoxy) is 2. The van der Waals surface area contributed by atoms with Crippen LogP contribution < -0.4 is 5.32 Å². The molecule has 0 aromatic heterocycles. The van der Waals surface area contributed by atoms with Gasteiger partial charge < -0.3 is 19.9 Å². The minimum atomic E-state index is -1.46. The van der Waals surface area contributed by atoms with Gasteiger partial charge in [-0.05, 0) is 50.6 Å². The number of carbonyl (C=O) groups excluding carboxylic acids is 2. The quantitative estimate of drug-likeness (QED) is 0.530. The molecule has 0 heterocycles. The van der Waals surface area contributed by atoms with E-state index in [-0.39, 0.29) is 19.6 Å². The molecule has 0 amide bonds. The molecule has 1 aliphatic carbocycles. The van der Waals surface area contributed by atoms with E-state index in [4.69, 9.17) is 9.47 Å². The molecule has 1 aliphatic rings. The fourth-order valence-electron chi connectivity index (χ4n) is 4.20. The first-order valence-electron chi connectivity index (χ1n) is 10.6. The summed E-state index contributed by atoms with van der Waals surface area (Å²) in [6.45, 7) is 5.43. The molecule has 0 aliphatic heterocycles. The minimum Gasteiger partial charge on any atom is -0.466 e. The van der Waals surface area contributed by atoms with Crippen LogP contribution in [0.3, 0.4) is 0 Å². The Kier molecular flexibility index (Phi) is 7.74. The van der Waals surface area contributed by atoms with Crippen molar-refractivity contribution in [3.05, 3.63) is 75.9 Å². The second kappa shape index (κ2) is 10.3. The lowest BCUT2D eigenvalue weighted by molar-refractivity contribution is -0.159. The van der Waals surface area contributed by atoms with Crippen LogP contribution >= 0.6 is 15.9 Å². The van der Waals surface area contributed by atoms with Gasteiger partial charge in [0.25, 0.3) is 0 Å². The lowest BCUT2D eigenvalue weighted by Crippen LogP contribution is -2.49. The van der Waals surface area contributed by atoms with Gasteiger partial charge in [0.2, 0.25) is 0 Å². The third-order valence-corrected chi connectivity index (χ3v) is 6.04. The number of rotatable bonds is 7. The van der Waals surface area contributed by atoms with Crippen molar-refractivity contribution in [2.24, 2.45) is 5.92 Å². The first-order chi connectivity index (χ1) is 15.3. The van der Waals surface area contributed by atoms with Gasteiger partial charge in [-0.1, -0.05) is 46.3 Å². The zero-order chi connectivity index (χ0) is 23.3. The second-order valence-electron chi connectivity index (χ2n) is 7.90. The summed E-state index contributed by atoms with van der Waals surface area (Å²) in [6, 6.07) is 16.7. The van der Waals surface area contributed by atoms with Crippen LogP contribution in [0.2, 0.25) is 0 Å². The maximum absolute atomic E-state index is 13.2. The molecule has 32 heavy (non-hydrogen) atoms. The molecule has 2 aromatic rings. The third kappa shape index (κ3) is 5.22. The number of esters is 2. The number of carbonyl (C=O) groups is 2. The van der Waals surface area contributed by atoms with Crippen molar-refractivity contribution in [3.63, 3.8) is 0 Å². The van der Waals surface area contributed by atoms with Gasteiger partial charge in [-0.25, -0.2) is 4.79 Å². The number of hydrogen-bond donors (Lipinski definition) is 2. The Hall–Kier alpha value is -2.64. The molecule has 0 saturated heterocycles. The molecule has 0 fully saturated rings. The number of anilines is 1. The lowest BCUT2D eigenvalue weighted by Gasteiger charge is -2.43. The molecule has 6 nitrogen and oxygen atoms in total. The number of nitrogens with one attached hydrogen (secondary N) is 1. The van der Waals surface area contributed by atoms with Crippen LogP contribution in [0.4, 0.5) is 5.69 Å². The highest BCUT2D eigenvalue weighted by atomic mass is 79.9. The smallest absolute Gasteiger partial charge is 0.336 e. The van der Waals surface area contributed by atoms with Crippen LogP contribution in [0.5, 0.6) is 0 Å². The highest BCUT2D eigenvalue weighted by molar-refractivity contribution is 9.10. The summed E-state index contributed by atoms with van der Waals surface area (Å²) in [4.78, 5) is 26.3. The summed E-state index contributed by atoms with van der Waals surface area (Å²) in [5, 5.41) is 14.7. The summed E-state index contributed by atoms with van der Waals surface area (Å²) in [5.74, 6) is -2.78. The standard InChI is InChI=1S/C25H28BrNO5/c1-4-31-23(28)21-19(27-18-13-11-17(26)12-14-18)15-25(3,30)22(24(29)32-5-2)20(21)16-9-7-6-8-10-16/h6-14,20,22,27,30H,4-5,15H2,1-3H3/t20-,22+,25+/m0/s1. The monoisotopic (exact) mass is 501 g/mol. The van der Waals surface area contributed by atoms with Gasteiger partial charge in [-0.3, -0.25) is 4.79 Å². The van der Waals surface area contributed by atoms with Crippen molar-refractivity contribution >= 4 is 33.6 Å². The molecule has 0 unspecified atom stereocenters. The Labute approximate surface area is 196 Å². The van der Waals surface area contributed by atoms with Crippen LogP contribution in [-0.4, -0.2) is 35.9 Å². The highest BCUT2D eigenvalue weighted by Gasteiger charge is 2.52. The van der Waals surface area contributed by atoms with Crippen molar-refractivity contribution < 1.29 is 24.2 Å². The number of aliphatic hydroxyl groups is 1. The molecule has 2 N–H and O–H groups in total. The molecule has 0 bridgehead atoms. The SMILES string of the molecule is CCOC(=O)C1=C(Nc2ccc(Br)cc2)C[C@@](C)(O)[C@@H](C(=O)OCC)[C@H]1c1ccccc1. The Balaban J connectivity index is 2.21. The zero-order valence-corrected chi connectivity index (χ0v) is 20.0. The number of benzene rings is 2. The average Bonchev–Trinajstić information content (AvgIpc) is 2.75. The average molecular weight is 502 g/mol. The van der Waals surface area contributed by atoms with Gasteiger partial charge in [-0.2, -0.15) is 0 Å². The zero-order valence-electron chi connectivity index (χ0n) is 18.4. The molecule has 3 rings (SSSR count). The van der Waals surface area contributed by atoms with Crippen LogP contribution in [0.25, 0.3) is 0 Å². The van der Waals surface area contributed by atoms with E-state index in [1.807, 2.05) is 54.6 Å². The summed E-state index contributed by atoms with van der Waals surface area (Å²) >= 11 is 3.42. The maximum atomic E-state index is 13.2. The predicted molar refractivity (Wildman–Crippen MR) is 126 cm³/mol. The van der Waals surface area contributed by atoms with E-state index >= 15 is 0 Å². The van der Waals surface area contributed by atoms with Gasteiger partial charge in [-0.15, -0.1) is 0 Å². The molecule has 3 atom stereocenters. The Morgan fingerprint density at radius 3 is 2.28 bits per heavy atom. The van der Waals surface area contributed by atoms with Crippen molar-refractivity contribution in [1.29, 1.82) is 0 Å². The third-order valence-electron chi connectivity index (χ3n) is 5.51. The van der Waals surface area contributed by atoms with Crippen LogP contribution in [-0.2, 0) is 19.1 Å². The molecule has 170 valence electrons. The van der Waals surface area contributed by atoms with Gasteiger partial charge in [0.15, 0.2) is 0 Å². The van der Waals surface area contributed by atoms with Gasteiger partial charge in [0.05, 0.1) is 30.3 Å². The largest absolute Gasteiger partial charge is 0.466 e. The van der Waals surface area contributed by atoms with E-state index in [2.05, 4.69) is 21.2 Å². The Morgan fingerprint density at radius 1 is 1.06 bits per heavy atom. The normalized spacial score (nSPS) is 22.9. The van der Waals surface area contributed by atoms with E-state index in [1.165, 1.54) is 0 Å². The fourth-order valence-corrected chi connectivity index (χ4v) is 4.46. The van der Waals surface area contributed by atoms with Crippen LogP contribution in [0.15, 0.2) is 70.3 Å². The Morgan fingerprint density at radius 2 is 1.69 bits per heavy atom. The van der Waals surface area contributed by atoms with E-state index < -0.39 is 29.4 Å². The van der Waals surface area contributed by atoms with Gasteiger partial charge >= 0.3 is 11.9 Å². The molecule has 0 spiro atoms. The van der Waals surface area contributed by atoms with Crippen molar-refractivity contribution in [2.75, 3.05) is 18.5 Å². The first-order valence-corrected chi connectivity index (χ1v) is 11.4. The fraction of sp³-hybridized carbons (Fsp3) is 0.360.